The van der Waals surface area contributed by atoms with Crippen molar-refractivity contribution < 1.29 is 0 Å². The van der Waals surface area contributed by atoms with Gasteiger partial charge < -0.3 is 4.98 Å². The number of H-pyrrole nitrogens is 1. The molecule has 0 atom stereocenters. The van der Waals surface area contributed by atoms with Crippen LogP contribution in [0.3, 0.4) is 0 Å². The zero-order chi connectivity index (χ0) is 6.10. The maximum atomic E-state index is 4.05. The Balaban J connectivity index is 2.68. The number of hydrogen-bond acceptors (Lipinski definition) is 2. The molecule has 0 aliphatic carbocycles. The Hall–Kier alpha value is -1.38. The van der Waals surface area contributed by atoms with Crippen molar-refractivity contribution in [3.8, 4) is 0 Å². The van der Waals surface area contributed by atoms with Crippen molar-refractivity contribution in [3.05, 3.63) is 12.3 Å². The number of rotatable bonds is 0. The summed E-state index contributed by atoms with van der Waals surface area (Å²) >= 11 is 0. The number of nitrogens with one attached hydrogen (secondary N) is 1. The number of nitrogens with zero attached hydrogens (tertiary/aromatic N) is 2. The molecule has 1 aliphatic rings. The summed E-state index contributed by atoms with van der Waals surface area (Å²) in [6.45, 7) is 0. The molecule has 0 bridgehead atoms. The molecule has 0 saturated carbocycles. The zero-order valence-corrected chi connectivity index (χ0v) is 4.70. The standard InChI is InChI=1S/C6H5N3/c1-2-8-6-5(1)7-3-4-9-6/h1-4H,(H,8,9)/q+1. The Labute approximate surface area is 52.2 Å². The summed E-state index contributed by atoms with van der Waals surface area (Å²) < 4.78 is 0. The van der Waals surface area contributed by atoms with Gasteiger partial charge in [-0.05, 0) is 0 Å². The van der Waals surface area contributed by atoms with Crippen molar-refractivity contribution in [3.63, 3.8) is 0 Å². The molecule has 0 aromatic carbocycles. The summed E-state index contributed by atoms with van der Waals surface area (Å²) in [4.78, 5) is 11.0. The van der Waals surface area contributed by atoms with Crippen molar-refractivity contribution in [2.75, 3.05) is 0 Å². The third-order valence-electron chi connectivity index (χ3n) is 1.19. The number of aliphatic imine (C=N–C) groups is 2. The van der Waals surface area contributed by atoms with Gasteiger partial charge in [0, 0.05) is 12.3 Å². The van der Waals surface area contributed by atoms with Crippen molar-refractivity contribution >= 4 is 23.9 Å². The normalized spacial score (nSPS) is 13.8. The van der Waals surface area contributed by atoms with E-state index in [9.17, 15) is 0 Å². The molecule has 43 valence electrons. The van der Waals surface area contributed by atoms with E-state index in [2.05, 4.69) is 15.0 Å². The van der Waals surface area contributed by atoms with E-state index in [-0.39, 0.29) is 0 Å². The van der Waals surface area contributed by atoms with Crippen LogP contribution in [0.15, 0.2) is 17.3 Å². The highest BCUT2D eigenvalue weighted by Gasteiger charge is 2.12. The number of aromatic amines is 1. The van der Waals surface area contributed by atoms with Gasteiger partial charge in [-0.3, -0.25) is 0 Å². The monoisotopic (exact) mass is 119 g/mol. The molecular formula is C6H5N3+. The van der Waals surface area contributed by atoms with Gasteiger partial charge in [-0.2, -0.15) is 0 Å². The van der Waals surface area contributed by atoms with Gasteiger partial charge in [-0.15, -0.1) is 0 Å². The quantitative estimate of drug-likeness (QED) is 0.524. The predicted molar refractivity (Wildman–Crippen MR) is 36.8 cm³/mol. The number of hydrogen-bond donors (Lipinski definition) is 1. The van der Waals surface area contributed by atoms with Crippen LogP contribution >= 0.6 is 0 Å². The lowest BCUT2D eigenvalue weighted by atomic mass is 10.5. The van der Waals surface area contributed by atoms with E-state index in [1.807, 2.05) is 12.3 Å². The fourth-order valence-electron chi connectivity index (χ4n) is 0.781. The minimum Gasteiger partial charge on any atom is -0.341 e. The minimum atomic E-state index is 0.845. The molecule has 9 heavy (non-hydrogen) atoms. The highest BCUT2D eigenvalue weighted by Crippen LogP contribution is 2.21. The van der Waals surface area contributed by atoms with Gasteiger partial charge in [0.2, 0.25) is 5.82 Å². The molecule has 0 spiro atoms. The molecule has 1 aliphatic heterocycles. The van der Waals surface area contributed by atoms with Gasteiger partial charge in [0.25, 0.3) is 6.21 Å². The first-order valence-corrected chi connectivity index (χ1v) is 2.71. The fourth-order valence-corrected chi connectivity index (χ4v) is 0.781. The largest absolute Gasteiger partial charge is 0.341 e. The molecule has 1 N–H and O–H groups in total. The molecule has 2 heterocycles. The van der Waals surface area contributed by atoms with E-state index < -0.39 is 0 Å². The second-order valence-corrected chi connectivity index (χ2v) is 1.77. The summed E-state index contributed by atoms with van der Waals surface area (Å²) in [5.74, 6) is 0.845. The zero-order valence-electron chi connectivity index (χ0n) is 4.70. The average Bonchev–Trinajstić information content (AvgIpc) is 2.33. The SMILES string of the molecule is C1=Nc2[nH]ccc2[N+]=C1. The topological polar surface area (TPSA) is 42.2 Å². The molecule has 3 nitrogen and oxygen atoms in total. The van der Waals surface area contributed by atoms with Crippen LogP contribution in [0.4, 0.5) is 11.5 Å². The van der Waals surface area contributed by atoms with Crippen molar-refractivity contribution in [2.24, 2.45) is 4.99 Å². The van der Waals surface area contributed by atoms with E-state index in [1.54, 1.807) is 12.4 Å². The van der Waals surface area contributed by atoms with Crippen LogP contribution in [-0.2, 0) is 0 Å². The van der Waals surface area contributed by atoms with Gasteiger partial charge in [-0.25, -0.2) is 4.99 Å². The lowest BCUT2D eigenvalue weighted by molar-refractivity contribution is 1.30. The Morgan fingerprint density at radius 1 is 1.56 bits per heavy atom. The van der Waals surface area contributed by atoms with Crippen molar-refractivity contribution in [1.82, 2.24) is 9.98 Å². The lowest BCUT2D eigenvalue weighted by Gasteiger charge is -1.81. The van der Waals surface area contributed by atoms with Crippen LogP contribution < -0.4 is 4.99 Å². The van der Waals surface area contributed by atoms with E-state index in [0.29, 0.717) is 0 Å². The summed E-state index contributed by atoms with van der Waals surface area (Å²) in [5.41, 5.74) is 0.914. The molecule has 1 aromatic rings. The molecule has 0 amide bonds. The van der Waals surface area contributed by atoms with Crippen LogP contribution in [0, 0.1) is 0 Å². The Morgan fingerprint density at radius 3 is 3.44 bits per heavy atom. The maximum Gasteiger partial charge on any atom is 0.320 e. The third kappa shape index (κ3) is 0.579. The van der Waals surface area contributed by atoms with Crippen LogP contribution in [0.2, 0.25) is 0 Å². The second kappa shape index (κ2) is 1.55. The van der Waals surface area contributed by atoms with Crippen LogP contribution in [0.1, 0.15) is 0 Å². The Bertz CT molecular complexity index is 243. The summed E-state index contributed by atoms with van der Waals surface area (Å²) in [6, 6.07) is 1.89. The van der Waals surface area contributed by atoms with Crippen molar-refractivity contribution in [2.45, 2.75) is 0 Å². The molecular weight excluding hydrogens is 114 g/mol. The number of aromatic nitrogens is 1. The molecule has 1 aromatic heterocycles. The smallest absolute Gasteiger partial charge is 0.320 e. The molecule has 1 radical (unpaired) electrons. The van der Waals surface area contributed by atoms with E-state index in [1.165, 1.54) is 0 Å². The van der Waals surface area contributed by atoms with E-state index >= 15 is 0 Å². The Kier molecular flexibility index (Phi) is 0.773. The maximum absolute atomic E-state index is 4.05. The van der Waals surface area contributed by atoms with Gasteiger partial charge >= 0.3 is 5.69 Å². The number of fused-ring (bicyclic) bond motifs is 1. The van der Waals surface area contributed by atoms with Crippen LogP contribution in [0.25, 0.3) is 0 Å². The molecule has 0 fully saturated rings. The van der Waals surface area contributed by atoms with E-state index in [4.69, 9.17) is 0 Å². The molecule has 0 saturated heterocycles. The fraction of sp³-hybridized carbons (Fsp3) is 0. The van der Waals surface area contributed by atoms with Gasteiger partial charge in [0.1, 0.15) is 6.21 Å². The second-order valence-electron chi connectivity index (χ2n) is 1.77. The lowest BCUT2D eigenvalue weighted by Crippen LogP contribution is -1.90. The van der Waals surface area contributed by atoms with Crippen LogP contribution in [-0.4, -0.2) is 17.4 Å². The van der Waals surface area contributed by atoms with Gasteiger partial charge in [-0.1, -0.05) is 0 Å². The third-order valence-corrected chi connectivity index (χ3v) is 1.19. The average molecular weight is 119 g/mol. The minimum absolute atomic E-state index is 0.845. The summed E-state index contributed by atoms with van der Waals surface area (Å²) in [6.07, 6.45) is 5.17. The van der Waals surface area contributed by atoms with E-state index in [0.717, 1.165) is 11.5 Å². The molecule has 3 heteroatoms. The van der Waals surface area contributed by atoms with Gasteiger partial charge in [0.15, 0.2) is 0 Å². The first kappa shape index (κ1) is 4.49. The van der Waals surface area contributed by atoms with Gasteiger partial charge in [0.05, 0.1) is 4.99 Å². The highest BCUT2D eigenvalue weighted by molar-refractivity contribution is 6.18. The highest BCUT2D eigenvalue weighted by atomic mass is 15.0. The summed E-state index contributed by atoms with van der Waals surface area (Å²) in [5, 5.41) is 0. The molecule has 2 rings (SSSR count). The predicted octanol–water partition coefficient (Wildman–Crippen LogP) is 0.769. The first-order valence-electron chi connectivity index (χ1n) is 2.71. The Morgan fingerprint density at radius 2 is 2.56 bits per heavy atom. The first-order chi connectivity index (χ1) is 4.47. The van der Waals surface area contributed by atoms with Crippen LogP contribution in [0.5, 0.6) is 0 Å². The van der Waals surface area contributed by atoms with Crippen molar-refractivity contribution in [1.29, 1.82) is 0 Å². The summed E-state index contributed by atoms with van der Waals surface area (Å²) in [7, 11) is 0. The molecule has 0 unspecified atom stereocenters.